The lowest BCUT2D eigenvalue weighted by atomic mass is 10.2. The number of sulfone groups is 1. The number of hydrogen-bond donors (Lipinski definition) is 0. The molecule has 1 aliphatic carbocycles. The molecule has 1 aromatic carbocycles. The summed E-state index contributed by atoms with van der Waals surface area (Å²) in [7, 11) is -1.93. The standard InChI is InChI=1S/C21H23N3O4S/c1-14-8-15(11-22-10-14)12-24-19(25)17-9-16(4-5-18(17)23(3)20(24)26)29(27,28)13-21(2)6-7-21/h4-5,8-11H,6-7,12-13H2,1-3H3. The van der Waals surface area contributed by atoms with Gasteiger partial charge in [0.15, 0.2) is 9.84 Å². The molecule has 7 nitrogen and oxygen atoms in total. The van der Waals surface area contributed by atoms with Crippen molar-refractivity contribution in [2.75, 3.05) is 5.75 Å². The second-order valence-corrected chi connectivity index (χ2v) is 10.3. The van der Waals surface area contributed by atoms with Gasteiger partial charge >= 0.3 is 5.69 Å². The van der Waals surface area contributed by atoms with E-state index in [-0.39, 0.29) is 28.0 Å². The average Bonchev–Trinajstić information content (AvgIpc) is 3.38. The van der Waals surface area contributed by atoms with Crippen molar-refractivity contribution in [1.82, 2.24) is 14.1 Å². The van der Waals surface area contributed by atoms with E-state index in [9.17, 15) is 18.0 Å². The normalized spacial score (nSPS) is 15.6. The van der Waals surface area contributed by atoms with E-state index < -0.39 is 21.1 Å². The Morgan fingerprint density at radius 1 is 1.14 bits per heavy atom. The summed E-state index contributed by atoms with van der Waals surface area (Å²) in [6, 6.07) is 6.29. The van der Waals surface area contributed by atoms with Crippen molar-refractivity contribution in [3.63, 3.8) is 0 Å². The molecular weight excluding hydrogens is 390 g/mol. The van der Waals surface area contributed by atoms with Crippen molar-refractivity contribution in [3.05, 3.63) is 68.6 Å². The van der Waals surface area contributed by atoms with E-state index in [0.29, 0.717) is 5.52 Å². The molecule has 0 spiro atoms. The third-order valence-electron chi connectivity index (χ3n) is 5.60. The number of pyridine rings is 1. The fourth-order valence-electron chi connectivity index (χ4n) is 3.61. The first kappa shape index (κ1) is 19.6. The number of nitrogens with zero attached hydrogens (tertiary/aromatic N) is 3. The number of hydrogen-bond acceptors (Lipinski definition) is 5. The number of aromatic nitrogens is 3. The summed E-state index contributed by atoms with van der Waals surface area (Å²) >= 11 is 0. The number of fused-ring (bicyclic) bond motifs is 1. The van der Waals surface area contributed by atoms with Crippen LogP contribution in [-0.2, 0) is 23.4 Å². The van der Waals surface area contributed by atoms with Gasteiger partial charge in [-0.2, -0.15) is 0 Å². The van der Waals surface area contributed by atoms with Gasteiger partial charge < -0.3 is 0 Å². The molecule has 2 heterocycles. The van der Waals surface area contributed by atoms with Crippen LogP contribution in [0.4, 0.5) is 0 Å². The lowest BCUT2D eigenvalue weighted by molar-refractivity contribution is 0.568. The predicted octanol–water partition coefficient (Wildman–Crippen LogP) is 2.03. The smallest absolute Gasteiger partial charge is 0.296 e. The minimum Gasteiger partial charge on any atom is -0.296 e. The van der Waals surface area contributed by atoms with E-state index in [0.717, 1.165) is 28.5 Å². The Kier molecular flexibility index (Phi) is 4.49. The van der Waals surface area contributed by atoms with E-state index in [4.69, 9.17) is 0 Å². The fourth-order valence-corrected chi connectivity index (χ4v) is 5.56. The predicted molar refractivity (Wildman–Crippen MR) is 111 cm³/mol. The van der Waals surface area contributed by atoms with Crippen molar-refractivity contribution in [2.45, 2.75) is 38.1 Å². The highest BCUT2D eigenvalue weighted by molar-refractivity contribution is 7.91. The van der Waals surface area contributed by atoms with Crippen LogP contribution in [0.3, 0.4) is 0 Å². The topological polar surface area (TPSA) is 91.0 Å². The summed E-state index contributed by atoms with van der Waals surface area (Å²) in [5, 5.41) is 0.217. The van der Waals surface area contributed by atoms with E-state index >= 15 is 0 Å². The van der Waals surface area contributed by atoms with Gasteiger partial charge in [-0.25, -0.2) is 13.2 Å². The fraction of sp³-hybridized carbons (Fsp3) is 0.381. The second-order valence-electron chi connectivity index (χ2n) is 8.35. The summed E-state index contributed by atoms with van der Waals surface area (Å²) in [6.07, 6.45) is 5.10. The third kappa shape index (κ3) is 3.64. The van der Waals surface area contributed by atoms with Crippen molar-refractivity contribution >= 4 is 20.7 Å². The Morgan fingerprint density at radius 3 is 2.52 bits per heavy atom. The van der Waals surface area contributed by atoms with Crippen molar-refractivity contribution in [1.29, 1.82) is 0 Å². The van der Waals surface area contributed by atoms with E-state index in [1.54, 1.807) is 25.5 Å². The van der Waals surface area contributed by atoms with Gasteiger partial charge in [0, 0.05) is 19.4 Å². The van der Waals surface area contributed by atoms with Gasteiger partial charge in [-0.15, -0.1) is 0 Å². The summed E-state index contributed by atoms with van der Waals surface area (Å²) in [6.45, 7) is 3.92. The van der Waals surface area contributed by atoms with Gasteiger partial charge in [0.25, 0.3) is 5.56 Å². The van der Waals surface area contributed by atoms with Crippen LogP contribution >= 0.6 is 0 Å². The van der Waals surface area contributed by atoms with Crippen molar-refractivity contribution in [2.24, 2.45) is 12.5 Å². The Bertz CT molecular complexity index is 1350. The zero-order chi connectivity index (χ0) is 21.0. The van der Waals surface area contributed by atoms with E-state index in [1.807, 2.05) is 19.9 Å². The van der Waals surface area contributed by atoms with Gasteiger partial charge in [0.2, 0.25) is 0 Å². The minimum atomic E-state index is -3.51. The molecule has 1 aliphatic rings. The molecule has 0 saturated heterocycles. The van der Waals surface area contributed by atoms with Crippen LogP contribution in [0.15, 0.2) is 51.1 Å². The summed E-state index contributed by atoms with van der Waals surface area (Å²) < 4.78 is 28.1. The molecule has 2 aromatic heterocycles. The van der Waals surface area contributed by atoms with Gasteiger partial charge in [0.05, 0.1) is 28.1 Å². The van der Waals surface area contributed by atoms with Crippen LogP contribution in [0, 0.1) is 12.3 Å². The Morgan fingerprint density at radius 2 is 1.86 bits per heavy atom. The maximum atomic E-state index is 13.1. The molecule has 0 atom stereocenters. The Hall–Kier alpha value is -2.74. The summed E-state index contributed by atoms with van der Waals surface area (Å²) in [5.74, 6) is 0.0699. The second kappa shape index (κ2) is 6.66. The first-order valence-corrected chi connectivity index (χ1v) is 11.1. The van der Waals surface area contributed by atoms with Crippen LogP contribution in [0.5, 0.6) is 0 Å². The van der Waals surface area contributed by atoms with Crippen LogP contribution in [0.2, 0.25) is 0 Å². The SMILES string of the molecule is Cc1cncc(Cn2c(=O)c3cc(S(=O)(=O)CC4(C)CC4)ccc3n(C)c2=O)c1. The van der Waals surface area contributed by atoms with E-state index in [2.05, 4.69) is 4.98 Å². The molecule has 1 fully saturated rings. The molecule has 152 valence electrons. The zero-order valence-corrected chi connectivity index (χ0v) is 17.5. The Labute approximate surface area is 168 Å². The molecule has 0 bridgehead atoms. The largest absolute Gasteiger partial charge is 0.331 e. The molecule has 8 heteroatoms. The highest BCUT2D eigenvalue weighted by atomic mass is 32.2. The summed E-state index contributed by atoms with van der Waals surface area (Å²) in [5.41, 5.74) is 0.944. The quantitative estimate of drug-likeness (QED) is 0.638. The highest BCUT2D eigenvalue weighted by Gasteiger charge is 2.41. The first-order valence-electron chi connectivity index (χ1n) is 9.47. The summed E-state index contributed by atoms with van der Waals surface area (Å²) in [4.78, 5) is 30.1. The van der Waals surface area contributed by atoms with Crippen LogP contribution in [-0.4, -0.2) is 28.3 Å². The van der Waals surface area contributed by atoms with Crippen molar-refractivity contribution < 1.29 is 8.42 Å². The maximum absolute atomic E-state index is 13.1. The lowest BCUT2D eigenvalue weighted by Gasteiger charge is -2.13. The molecule has 0 aliphatic heterocycles. The van der Waals surface area contributed by atoms with Crippen LogP contribution < -0.4 is 11.2 Å². The Balaban J connectivity index is 1.86. The molecule has 1 saturated carbocycles. The number of benzene rings is 1. The lowest BCUT2D eigenvalue weighted by Crippen LogP contribution is -2.39. The van der Waals surface area contributed by atoms with Crippen molar-refractivity contribution in [3.8, 4) is 0 Å². The third-order valence-corrected chi connectivity index (χ3v) is 7.65. The highest BCUT2D eigenvalue weighted by Crippen LogP contribution is 2.46. The van der Waals surface area contributed by atoms with Gasteiger partial charge in [0.1, 0.15) is 0 Å². The number of aryl methyl sites for hydroxylation is 2. The van der Waals surface area contributed by atoms with E-state index in [1.165, 1.54) is 16.7 Å². The van der Waals surface area contributed by atoms with Crippen LogP contribution in [0.25, 0.3) is 10.9 Å². The first-order chi connectivity index (χ1) is 13.6. The molecule has 0 N–H and O–H groups in total. The molecule has 0 unspecified atom stereocenters. The average molecular weight is 413 g/mol. The van der Waals surface area contributed by atoms with Gasteiger partial charge in [-0.1, -0.05) is 13.0 Å². The van der Waals surface area contributed by atoms with Crippen LogP contribution in [0.1, 0.15) is 30.9 Å². The van der Waals surface area contributed by atoms with Gasteiger partial charge in [-0.05, 0) is 54.5 Å². The molecule has 29 heavy (non-hydrogen) atoms. The molecule has 3 aromatic rings. The maximum Gasteiger partial charge on any atom is 0.331 e. The molecule has 0 amide bonds. The van der Waals surface area contributed by atoms with Gasteiger partial charge in [-0.3, -0.25) is 18.9 Å². The molecule has 0 radical (unpaired) electrons. The minimum absolute atomic E-state index is 0.0699. The number of rotatable bonds is 5. The molecule has 4 rings (SSSR count). The zero-order valence-electron chi connectivity index (χ0n) is 16.7. The molecular formula is C21H23N3O4S. The monoisotopic (exact) mass is 413 g/mol.